The summed E-state index contributed by atoms with van der Waals surface area (Å²) in [7, 11) is 0. The molecule has 1 aliphatic rings. The summed E-state index contributed by atoms with van der Waals surface area (Å²) in [5, 5.41) is 2.75. The van der Waals surface area contributed by atoms with Gasteiger partial charge < -0.3 is 11.1 Å². The van der Waals surface area contributed by atoms with Crippen LogP contribution in [0, 0.1) is 11.8 Å². The van der Waals surface area contributed by atoms with E-state index in [9.17, 15) is 18.0 Å². The monoisotopic (exact) mass is 314 g/mol. The van der Waals surface area contributed by atoms with E-state index in [1.54, 1.807) is 6.07 Å². The summed E-state index contributed by atoms with van der Waals surface area (Å²) < 4.78 is 38.6. The fraction of sp³-hybridized carbons (Fsp3) is 0.562. The van der Waals surface area contributed by atoms with E-state index in [-0.39, 0.29) is 36.3 Å². The molecule has 0 unspecified atom stereocenters. The first-order valence-electron chi connectivity index (χ1n) is 7.56. The van der Waals surface area contributed by atoms with Crippen LogP contribution >= 0.6 is 0 Å². The number of alkyl halides is 3. The smallest absolute Gasteiger partial charge is 0.356 e. The van der Waals surface area contributed by atoms with Crippen LogP contribution in [0.25, 0.3) is 0 Å². The van der Waals surface area contributed by atoms with Crippen LogP contribution in [0.1, 0.15) is 30.4 Å². The zero-order chi connectivity index (χ0) is 16.2. The van der Waals surface area contributed by atoms with Crippen molar-refractivity contribution in [1.29, 1.82) is 0 Å². The van der Waals surface area contributed by atoms with Crippen molar-refractivity contribution in [3.8, 4) is 0 Å². The van der Waals surface area contributed by atoms with Gasteiger partial charge in [0.15, 0.2) is 0 Å². The average Bonchev–Trinajstić information content (AvgIpc) is 2.95. The van der Waals surface area contributed by atoms with Gasteiger partial charge in [0.05, 0.1) is 5.56 Å². The number of benzene rings is 1. The van der Waals surface area contributed by atoms with E-state index in [0.29, 0.717) is 6.54 Å². The number of hydrogen-bond acceptors (Lipinski definition) is 2. The van der Waals surface area contributed by atoms with Crippen LogP contribution in [0.2, 0.25) is 0 Å². The minimum atomic E-state index is -4.36. The Morgan fingerprint density at radius 1 is 1.27 bits per heavy atom. The fourth-order valence-electron chi connectivity index (χ4n) is 3.13. The molecule has 0 heterocycles. The summed E-state index contributed by atoms with van der Waals surface area (Å²) >= 11 is 0. The summed E-state index contributed by atoms with van der Waals surface area (Å²) in [6.07, 6.45) is -1.45. The number of nitrogens with one attached hydrogen (secondary N) is 1. The molecule has 0 bridgehead atoms. The van der Waals surface area contributed by atoms with Crippen LogP contribution in [0.5, 0.6) is 0 Å². The highest BCUT2D eigenvalue weighted by Crippen LogP contribution is 2.32. The molecule has 0 aliphatic heterocycles. The standard InChI is InChI=1S/C16H21F3N2O/c17-16(18,19)14-7-2-1-4-11(14)8-9-21-15(22)13-6-3-5-12(13)10-20/h1-2,4,7,12-13H,3,5-6,8-10,20H2,(H,21,22)/t12-,13-/m1/s1. The maximum Gasteiger partial charge on any atom is 0.416 e. The van der Waals surface area contributed by atoms with Crippen LogP contribution in [0.3, 0.4) is 0 Å². The molecule has 1 aromatic carbocycles. The molecule has 3 N–H and O–H groups in total. The van der Waals surface area contributed by atoms with E-state index in [0.717, 1.165) is 25.3 Å². The van der Waals surface area contributed by atoms with Crippen molar-refractivity contribution in [2.75, 3.05) is 13.1 Å². The fourth-order valence-corrected chi connectivity index (χ4v) is 3.13. The van der Waals surface area contributed by atoms with Gasteiger partial charge in [-0.3, -0.25) is 4.79 Å². The number of nitrogens with two attached hydrogens (primary N) is 1. The molecule has 0 saturated heterocycles. The van der Waals surface area contributed by atoms with E-state index in [2.05, 4.69) is 5.32 Å². The van der Waals surface area contributed by atoms with Gasteiger partial charge in [-0.1, -0.05) is 24.6 Å². The first kappa shape index (κ1) is 16.8. The molecule has 122 valence electrons. The van der Waals surface area contributed by atoms with Crippen molar-refractivity contribution in [3.05, 3.63) is 35.4 Å². The predicted octanol–water partition coefficient (Wildman–Crippen LogP) is 2.74. The van der Waals surface area contributed by atoms with Gasteiger partial charge in [-0.25, -0.2) is 0 Å². The predicted molar refractivity (Wildman–Crippen MR) is 78.0 cm³/mol. The number of hydrogen-bond donors (Lipinski definition) is 2. The molecule has 3 nitrogen and oxygen atoms in total. The molecule has 0 spiro atoms. The van der Waals surface area contributed by atoms with Gasteiger partial charge in [-0.05, 0) is 43.4 Å². The van der Waals surface area contributed by atoms with Crippen molar-refractivity contribution >= 4 is 5.91 Å². The Bertz CT molecular complexity index is 516. The summed E-state index contributed by atoms with van der Waals surface area (Å²) in [6, 6.07) is 5.47. The third-order valence-electron chi connectivity index (χ3n) is 4.31. The topological polar surface area (TPSA) is 55.1 Å². The lowest BCUT2D eigenvalue weighted by Gasteiger charge is -2.18. The molecule has 1 aliphatic carbocycles. The normalized spacial score (nSPS) is 21.8. The summed E-state index contributed by atoms with van der Waals surface area (Å²) in [5.74, 6) is 0.0164. The van der Waals surface area contributed by atoms with Crippen LogP contribution in [0.4, 0.5) is 13.2 Å². The molecule has 1 amide bonds. The van der Waals surface area contributed by atoms with Crippen molar-refractivity contribution < 1.29 is 18.0 Å². The van der Waals surface area contributed by atoms with E-state index < -0.39 is 11.7 Å². The molecule has 0 aromatic heterocycles. The van der Waals surface area contributed by atoms with Crippen molar-refractivity contribution in [2.45, 2.75) is 31.9 Å². The largest absolute Gasteiger partial charge is 0.416 e. The minimum absolute atomic E-state index is 0.0857. The van der Waals surface area contributed by atoms with E-state index >= 15 is 0 Å². The second-order valence-electron chi connectivity index (χ2n) is 5.73. The lowest BCUT2D eigenvalue weighted by molar-refractivity contribution is -0.138. The second kappa shape index (κ2) is 7.13. The number of carbonyl (C=O) groups is 1. The third-order valence-corrected chi connectivity index (χ3v) is 4.31. The van der Waals surface area contributed by atoms with Crippen molar-refractivity contribution in [1.82, 2.24) is 5.32 Å². The van der Waals surface area contributed by atoms with Gasteiger partial charge in [-0.15, -0.1) is 0 Å². The summed E-state index contributed by atoms with van der Waals surface area (Å²) in [5.41, 5.74) is 5.22. The van der Waals surface area contributed by atoms with Crippen molar-refractivity contribution in [3.63, 3.8) is 0 Å². The molecular formula is C16H21F3N2O. The highest BCUT2D eigenvalue weighted by Gasteiger charge is 2.33. The summed E-state index contributed by atoms with van der Waals surface area (Å²) in [6.45, 7) is 0.689. The number of halogens is 3. The van der Waals surface area contributed by atoms with Gasteiger partial charge in [0.1, 0.15) is 0 Å². The molecule has 1 aromatic rings. The molecule has 1 fully saturated rings. The lowest BCUT2D eigenvalue weighted by Crippen LogP contribution is -2.36. The van der Waals surface area contributed by atoms with E-state index in [4.69, 9.17) is 5.73 Å². The SMILES string of the molecule is NC[C@H]1CCC[C@H]1C(=O)NCCc1ccccc1C(F)(F)F. The third kappa shape index (κ3) is 4.00. The van der Waals surface area contributed by atoms with Crippen LogP contribution in [0.15, 0.2) is 24.3 Å². The van der Waals surface area contributed by atoms with Gasteiger partial charge in [0, 0.05) is 12.5 Å². The quantitative estimate of drug-likeness (QED) is 0.878. The van der Waals surface area contributed by atoms with Gasteiger partial charge >= 0.3 is 6.18 Å². The highest BCUT2D eigenvalue weighted by molar-refractivity contribution is 5.79. The lowest BCUT2D eigenvalue weighted by atomic mass is 9.95. The molecule has 0 radical (unpaired) electrons. The molecule has 1 saturated carbocycles. The number of carbonyl (C=O) groups excluding carboxylic acids is 1. The Labute approximate surface area is 128 Å². The summed E-state index contributed by atoms with van der Waals surface area (Å²) in [4.78, 5) is 12.1. The maximum absolute atomic E-state index is 12.9. The van der Waals surface area contributed by atoms with E-state index in [1.807, 2.05) is 0 Å². The Hall–Kier alpha value is -1.56. The molecular weight excluding hydrogens is 293 g/mol. The first-order chi connectivity index (χ1) is 10.4. The Kier molecular flexibility index (Phi) is 5.45. The van der Waals surface area contributed by atoms with Gasteiger partial charge in [0.25, 0.3) is 0 Å². The van der Waals surface area contributed by atoms with Crippen LogP contribution in [-0.2, 0) is 17.4 Å². The Balaban J connectivity index is 1.90. The molecule has 6 heteroatoms. The average molecular weight is 314 g/mol. The number of amides is 1. The van der Waals surface area contributed by atoms with E-state index in [1.165, 1.54) is 12.1 Å². The Morgan fingerprint density at radius 2 is 2.00 bits per heavy atom. The first-order valence-corrected chi connectivity index (χ1v) is 7.56. The maximum atomic E-state index is 12.9. The Morgan fingerprint density at radius 3 is 2.68 bits per heavy atom. The molecule has 22 heavy (non-hydrogen) atoms. The minimum Gasteiger partial charge on any atom is -0.356 e. The highest BCUT2D eigenvalue weighted by atomic mass is 19.4. The molecule has 2 atom stereocenters. The molecule has 2 rings (SSSR count). The van der Waals surface area contributed by atoms with Crippen LogP contribution in [-0.4, -0.2) is 19.0 Å². The zero-order valence-electron chi connectivity index (χ0n) is 12.3. The van der Waals surface area contributed by atoms with Crippen LogP contribution < -0.4 is 11.1 Å². The zero-order valence-corrected chi connectivity index (χ0v) is 12.3. The second-order valence-corrected chi connectivity index (χ2v) is 5.73. The number of rotatable bonds is 5. The van der Waals surface area contributed by atoms with Gasteiger partial charge in [-0.2, -0.15) is 13.2 Å². The van der Waals surface area contributed by atoms with Gasteiger partial charge in [0.2, 0.25) is 5.91 Å². The van der Waals surface area contributed by atoms with Crippen molar-refractivity contribution in [2.24, 2.45) is 17.6 Å².